The number of nitrogens with one attached hydrogen (secondary N) is 1. The molecule has 1 heterocycles. The highest BCUT2D eigenvalue weighted by atomic mass is 32.1. The Kier molecular flexibility index (Phi) is 5.87. The molecule has 2 N–H and O–H groups in total. The summed E-state index contributed by atoms with van der Waals surface area (Å²) in [6.45, 7) is 4.76. The van der Waals surface area contributed by atoms with E-state index >= 15 is 0 Å². The second-order valence-corrected chi connectivity index (χ2v) is 5.85. The van der Waals surface area contributed by atoms with Gasteiger partial charge in [-0.1, -0.05) is 18.2 Å². The molecule has 0 fully saturated rings. The van der Waals surface area contributed by atoms with Gasteiger partial charge < -0.3 is 14.6 Å². The third-order valence-electron chi connectivity index (χ3n) is 3.72. The number of phenols is 1. The van der Waals surface area contributed by atoms with Crippen LogP contribution in [0.3, 0.4) is 0 Å². The maximum absolute atomic E-state index is 10.3. The Morgan fingerprint density at radius 1 is 1.11 bits per heavy atom. The highest BCUT2D eigenvalue weighted by molar-refractivity contribution is 7.71. The Balaban J connectivity index is 2.01. The number of aromatic nitrogens is 3. The summed E-state index contributed by atoms with van der Waals surface area (Å²) in [7, 11) is 0. The lowest BCUT2D eigenvalue weighted by Crippen LogP contribution is -1.99. The van der Waals surface area contributed by atoms with Crippen molar-refractivity contribution >= 4 is 18.4 Å². The number of hydrogen-bond donors (Lipinski definition) is 2. The van der Waals surface area contributed by atoms with Crippen LogP contribution in [0.2, 0.25) is 0 Å². The molecule has 0 amide bonds. The predicted molar refractivity (Wildman–Crippen MR) is 106 cm³/mol. The molecule has 0 saturated carbocycles. The van der Waals surface area contributed by atoms with E-state index in [9.17, 15) is 5.11 Å². The summed E-state index contributed by atoms with van der Waals surface area (Å²) in [6.07, 6.45) is 1.51. The minimum Gasteiger partial charge on any atom is -0.504 e. The molecule has 0 radical (unpaired) electrons. The van der Waals surface area contributed by atoms with Gasteiger partial charge >= 0.3 is 0 Å². The van der Waals surface area contributed by atoms with Gasteiger partial charge in [-0.25, -0.2) is 5.10 Å². The van der Waals surface area contributed by atoms with Crippen molar-refractivity contribution < 1.29 is 14.6 Å². The third kappa shape index (κ3) is 4.01. The fraction of sp³-hybridized carbons (Fsp3) is 0.211. The largest absolute Gasteiger partial charge is 0.504 e. The molecule has 0 aliphatic heterocycles. The number of benzene rings is 2. The molecule has 0 atom stereocenters. The Labute approximate surface area is 161 Å². The lowest BCUT2D eigenvalue weighted by atomic mass is 10.2. The Bertz CT molecular complexity index is 1010. The first-order chi connectivity index (χ1) is 13.2. The SMILES string of the molecule is CCOc1ccccc1-c1n[nH]c(=S)n1/N=C\c1cccc(OCC)c1O. The summed E-state index contributed by atoms with van der Waals surface area (Å²) < 4.78 is 12.9. The summed E-state index contributed by atoms with van der Waals surface area (Å²) >= 11 is 5.30. The number of rotatable bonds is 7. The van der Waals surface area contributed by atoms with Crippen molar-refractivity contribution in [3.63, 3.8) is 0 Å². The van der Waals surface area contributed by atoms with Gasteiger partial charge in [0.15, 0.2) is 17.3 Å². The zero-order valence-corrected chi connectivity index (χ0v) is 15.9. The minimum absolute atomic E-state index is 0.0226. The van der Waals surface area contributed by atoms with Crippen molar-refractivity contribution in [1.29, 1.82) is 0 Å². The summed E-state index contributed by atoms with van der Waals surface area (Å²) in [5, 5.41) is 21.7. The molecule has 2 aromatic carbocycles. The molecule has 0 bridgehead atoms. The third-order valence-corrected chi connectivity index (χ3v) is 3.98. The van der Waals surface area contributed by atoms with Crippen LogP contribution in [0, 0.1) is 4.77 Å². The van der Waals surface area contributed by atoms with Crippen LogP contribution < -0.4 is 9.47 Å². The zero-order chi connectivity index (χ0) is 19.2. The number of phenolic OH excluding ortho intramolecular Hbond substituents is 1. The van der Waals surface area contributed by atoms with Gasteiger partial charge in [0.2, 0.25) is 4.77 Å². The Hall–Kier alpha value is -3.13. The monoisotopic (exact) mass is 384 g/mol. The van der Waals surface area contributed by atoms with Crippen LogP contribution >= 0.6 is 12.2 Å². The average Bonchev–Trinajstić information content (AvgIpc) is 3.04. The van der Waals surface area contributed by atoms with Crippen LogP contribution in [0.5, 0.6) is 17.2 Å². The van der Waals surface area contributed by atoms with Crippen LogP contribution in [0.1, 0.15) is 19.4 Å². The lowest BCUT2D eigenvalue weighted by Gasteiger charge is -2.09. The fourth-order valence-corrected chi connectivity index (χ4v) is 2.72. The fourth-order valence-electron chi connectivity index (χ4n) is 2.54. The number of H-pyrrole nitrogens is 1. The van der Waals surface area contributed by atoms with Gasteiger partial charge in [-0.15, -0.1) is 0 Å². The zero-order valence-electron chi connectivity index (χ0n) is 15.0. The first-order valence-electron chi connectivity index (χ1n) is 8.54. The number of aromatic hydroxyl groups is 1. The standard InChI is InChI=1S/C19H20N4O3S/c1-3-25-15-10-6-5-9-14(15)18-21-22-19(27)23(18)20-12-13-8-7-11-16(17(13)24)26-4-2/h5-12,24H,3-4H2,1-2H3,(H,22,27)/b20-12-. The molecule has 0 aliphatic rings. The van der Waals surface area contributed by atoms with Crippen molar-refractivity contribution in [2.24, 2.45) is 5.10 Å². The second-order valence-electron chi connectivity index (χ2n) is 5.46. The van der Waals surface area contributed by atoms with Gasteiger partial charge in [0.1, 0.15) is 5.75 Å². The summed E-state index contributed by atoms with van der Waals surface area (Å²) in [6, 6.07) is 12.7. The number of aromatic amines is 1. The van der Waals surface area contributed by atoms with Crippen molar-refractivity contribution in [2.75, 3.05) is 13.2 Å². The highest BCUT2D eigenvalue weighted by Gasteiger charge is 2.13. The molecule has 0 spiro atoms. The first-order valence-corrected chi connectivity index (χ1v) is 8.95. The van der Waals surface area contributed by atoms with E-state index in [1.165, 1.54) is 10.9 Å². The summed E-state index contributed by atoms with van der Waals surface area (Å²) in [5.74, 6) is 1.63. The maximum Gasteiger partial charge on any atom is 0.216 e. The van der Waals surface area contributed by atoms with Crippen LogP contribution in [0.15, 0.2) is 47.6 Å². The molecule has 1 aromatic heterocycles. The van der Waals surface area contributed by atoms with E-state index < -0.39 is 0 Å². The highest BCUT2D eigenvalue weighted by Crippen LogP contribution is 2.30. The molecule has 0 aliphatic carbocycles. The smallest absolute Gasteiger partial charge is 0.216 e. The van der Waals surface area contributed by atoms with E-state index in [2.05, 4.69) is 15.3 Å². The molecular weight excluding hydrogens is 364 g/mol. The van der Waals surface area contributed by atoms with E-state index in [0.717, 1.165) is 5.56 Å². The molecule has 0 saturated heterocycles. The van der Waals surface area contributed by atoms with Crippen molar-refractivity contribution in [3.8, 4) is 28.6 Å². The topological polar surface area (TPSA) is 84.7 Å². The van der Waals surface area contributed by atoms with E-state index in [0.29, 0.717) is 40.9 Å². The normalized spacial score (nSPS) is 11.0. The van der Waals surface area contributed by atoms with Gasteiger partial charge in [-0.3, -0.25) is 0 Å². The van der Waals surface area contributed by atoms with Crippen molar-refractivity contribution in [2.45, 2.75) is 13.8 Å². The molecule has 140 valence electrons. The van der Waals surface area contributed by atoms with E-state index in [1.807, 2.05) is 38.1 Å². The van der Waals surface area contributed by atoms with Gasteiger partial charge in [-0.05, 0) is 50.3 Å². The van der Waals surface area contributed by atoms with Crippen LogP contribution in [0.25, 0.3) is 11.4 Å². The van der Waals surface area contributed by atoms with Crippen LogP contribution in [0.4, 0.5) is 0 Å². The second kappa shape index (κ2) is 8.50. The van der Waals surface area contributed by atoms with E-state index in [-0.39, 0.29) is 5.75 Å². The van der Waals surface area contributed by atoms with E-state index in [1.54, 1.807) is 18.2 Å². The van der Waals surface area contributed by atoms with Gasteiger partial charge in [0.05, 0.1) is 25.0 Å². The number of ether oxygens (including phenoxy) is 2. The molecule has 7 nitrogen and oxygen atoms in total. The number of hydrogen-bond acceptors (Lipinski definition) is 6. The predicted octanol–water partition coefficient (Wildman–Crippen LogP) is 3.99. The van der Waals surface area contributed by atoms with Gasteiger partial charge in [-0.2, -0.15) is 14.9 Å². The van der Waals surface area contributed by atoms with Crippen LogP contribution in [-0.4, -0.2) is 39.4 Å². The average molecular weight is 384 g/mol. The molecule has 8 heteroatoms. The quantitative estimate of drug-likeness (QED) is 0.475. The first kappa shape index (κ1) is 18.7. The van der Waals surface area contributed by atoms with E-state index in [4.69, 9.17) is 21.7 Å². The molecule has 27 heavy (non-hydrogen) atoms. The summed E-state index contributed by atoms with van der Waals surface area (Å²) in [4.78, 5) is 0. The minimum atomic E-state index is 0.0226. The molecule has 3 rings (SSSR count). The van der Waals surface area contributed by atoms with Gasteiger partial charge in [0, 0.05) is 5.56 Å². The molecule has 3 aromatic rings. The summed E-state index contributed by atoms with van der Waals surface area (Å²) in [5.41, 5.74) is 1.27. The van der Waals surface area contributed by atoms with Crippen molar-refractivity contribution in [3.05, 3.63) is 52.8 Å². The number of nitrogens with zero attached hydrogens (tertiary/aromatic N) is 3. The molecular formula is C19H20N4O3S. The number of para-hydroxylation sites is 2. The maximum atomic E-state index is 10.3. The lowest BCUT2D eigenvalue weighted by molar-refractivity contribution is 0.318. The van der Waals surface area contributed by atoms with Crippen LogP contribution in [-0.2, 0) is 0 Å². The Morgan fingerprint density at radius 3 is 2.59 bits per heavy atom. The molecule has 0 unspecified atom stereocenters. The van der Waals surface area contributed by atoms with Crippen molar-refractivity contribution in [1.82, 2.24) is 14.9 Å². The van der Waals surface area contributed by atoms with Gasteiger partial charge in [0.25, 0.3) is 0 Å². The Morgan fingerprint density at radius 2 is 1.81 bits per heavy atom.